The summed E-state index contributed by atoms with van der Waals surface area (Å²) in [4.78, 5) is 4.83. The van der Waals surface area contributed by atoms with Gasteiger partial charge in [-0.3, -0.25) is 0 Å². The minimum Gasteiger partial charge on any atom is -0.310 e. The van der Waals surface area contributed by atoms with E-state index in [1.807, 2.05) is 11.3 Å². The van der Waals surface area contributed by atoms with Crippen molar-refractivity contribution in [1.82, 2.24) is 0 Å². The van der Waals surface area contributed by atoms with E-state index in [2.05, 4.69) is 228 Å². The largest absolute Gasteiger partial charge is 0.310 e. The van der Waals surface area contributed by atoms with E-state index in [1.54, 1.807) is 0 Å². The smallest absolute Gasteiger partial charge is 0.0661 e. The molecule has 9 aromatic carbocycles. The van der Waals surface area contributed by atoms with Gasteiger partial charge in [0.05, 0.1) is 10.4 Å². The zero-order chi connectivity index (χ0) is 36.6. The maximum atomic E-state index is 2.43. The Morgan fingerprint density at radius 2 is 0.764 bits per heavy atom. The van der Waals surface area contributed by atoms with Gasteiger partial charge < -0.3 is 9.80 Å². The molecular weight excluding hydrogens is 685 g/mol. The molecule has 0 bridgehead atoms. The van der Waals surface area contributed by atoms with Gasteiger partial charge in [0.1, 0.15) is 0 Å². The molecule has 1 heterocycles. The molecule has 0 unspecified atom stereocenters. The van der Waals surface area contributed by atoms with E-state index in [9.17, 15) is 0 Å². The fourth-order valence-electron chi connectivity index (χ4n) is 7.81. The van der Waals surface area contributed by atoms with Gasteiger partial charge in [0.2, 0.25) is 0 Å². The molecule has 0 radical (unpaired) electrons. The second-order valence-electron chi connectivity index (χ2n) is 13.8. The third-order valence-electron chi connectivity index (χ3n) is 10.4. The van der Waals surface area contributed by atoms with Crippen LogP contribution in [0.5, 0.6) is 0 Å². The van der Waals surface area contributed by atoms with Gasteiger partial charge in [-0.1, -0.05) is 152 Å². The summed E-state index contributed by atoms with van der Waals surface area (Å²) in [7, 11) is 0. The molecule has 10 rings (SSSR count). The van der Waals surface area contributed by atoms with Gasteiger partial charge in [-0.2, -0.15) is 0 Å². The van der Waals surface area contributed by atoms with Crippen molar-refractivity contribution in [2.75, 3.05) is 9.80 Å². The lowest BCUT2D eigenvalue weighted by atomic mass is 10.0. The van der Waals surface area contributed by atoms with Gasteiger partial charge in [-0.15, -0.1) is 11.3 Å². The lowest BCUT2D eigenvalue weighted by Gasteiger charge is -2.30. The summed E-state index contributed by atoms with van der Waals surface area (Å²) in [6.07, 6.45) is 0. The second-order valence-corrected chi connectivity index (χ2v) is 14.8. The Morgan fingerprint density at radius 3 is 1.35 bits per heavy atom. The average Bonchev–Trinajstić information content (AvgIpc) is 3.65. The van der Waals surface area contributed by atoms with E-state index in [0.29, 0.717) is 0 Å². The zero-order valence-corrected chi connectivity index (χ0v) is 30.9. The maximum absolute atomic E-state index is 2.43. The second kappa shape index (κ2) is 14.1. The summed E-state index contributed by atoms with van der Waals surface area (Å²) in [5.41, 5.74) is 11.4. The minimum atomic E-state index is 1.09. The van der Waals surface area contributed by atoms with Gasteiger partial charge in [0, 0.05) is 43.9 Å². The molecule has 1 aromatic heterocycles. The van der Waals surface area contributed by atoms with Crippen molar-refractivity contribution in [3.63, 3.8) is 0 Å². The Morgan fingerprint density at radius 1 is 0.309 bits per heavy atom. The molecule has 0 amide bonds. The van der Waals surface area contributed by atoms with Gasteiger partial charge in [0.15, 0.2) is 0 Å². The summed E-state index contributed by atoms with van der Waals surface area (Å²) in [6.45, 7) is 0. The van der Waals surface area contributed by atoms with E-state index in [0.717, 1.165) is 34.1 Å². The number of hydrogen-bond donors (Lipinski definition) is 0. The number of para-hydroxylation sites is 2. The minimum absolute atomic E-state index is 1.09. The van der Waals surface area contributed by atoms with Crippen molar-refractivity contribution in [1.29, 1.82) is 0 Å². The van der Waals surface area contributed by atoms with Crippen molar-refractivity contribution in [3.8, 4) is 22.3 Å². The van der Waals surface area contributed by atoms with E-state index in [1.165, 1.54) is 53.2 Å². The lowest BCUT2D eigenvalue weighted by molar-refractivity contribution is 1.26. The van der Waals surface area contributed by atoms with Crippen LogP contribution in [0.4, 0.5) is 34.1 Å². The zero-order valence-electron chi connectivity index (χ0n) is 30.1. The fraction of sp³-hybridized carbons (Fsp3) is 0. The standard InChI is InChI=1S/C52H36N2S/c1-5-15-37(16-6-1)39-25-30-44(31-26-39)53(42-20-9-3-10-21-42)46-35-48-51-47-24-14-13-19-41(47)29-34-50(51)55-52(48)49(36-46)54(43-22-11-4-12-23-43)45-32-27-40(28-33-45)38-17-7-2-8-18-38/h1-36H. The Kier molecular flexibility index (Phi) is 8.40. The third kappa shape index (κ3) is 6.11. The van der Waals surface area contributed by atoms with Crippen LogP contribution in [0.2, 0.25) is 0 Å². The quantitative estimate of drug-likeness (QED) is 0.154. The first kappa shape index (κ1) is 32.7. The van der Waals surface area contributed by atoms with Crippen LogP contribution >= 0.6 is 11.3 Å². The Hall–Kier alpha value is -6.94. The van der Waals surface area contributed by atoms with E-state index < -0.39 is 0 Å². The van der Waals surface area contributed by atoms with Crippen LogP contribution in [0, 0.1) is 0 Å². The molecule has 0 aliphatic carbocycles. The molecule has 0 aliphatic rings. The highest BCUT2D eigenvalue weighted by atomic mass is 32.1. The van der Waals surface area contributed by atoms with Crippen molar-refractivity contribution in [3.05, 3.63) is 218 Å². The summed E-state index contributed by atoms with van der Waals surface area (Å²) < 4.78 is 2.52. The summed E-state index contributed by atoms with van der Waals surface area (Å²) in [5, 5.41) is 5.05. The molecule has 2 nitrogen and oxygen atoms in total. The van der Waals surface area contributed by atoms with Crippen LogP contribution in [-0.2, 0) is 0 Å². The van der Waals surface area contributed by atoms with Crippen molar-refractivity contribution >= 4 is 76.4 Å². The van der Waals surface area contributed by atoms with Crippen LogP contribution in [0.3, 0.4) is 0 Å². The van der Waals surface area contributed by atoms with Crippen molar-refractivity contribution in [2.24, 2.45) is 0 Å². The molecule has 0 saturated heterocycles. The Labute approximate surface area is 325 Å². The SMILES string of the molecule is c1ccc(-c2ccc(N(c3ccccc3)c3cc(N(c4ccccc4)c4ccc(-c5ccccc5)cc4)c4sc5ccc6ccccc6c5c4c3)cc2)cc1. The highest BCUT2D eigenvalue weighted by molar-refractivity contribution is 7.26. The first-order chi connectivity index (χ1) is 27.3. The van der Waals surface area contributed by atoms with Crippen LogP contribution in [0.15, 0.2) is 218 Å². The summed E-state index contributed by atoms with van der Waals surface area (Å²) in [5.74, 6) is 0. The lowest BCUT2D eigenvalue weighted by Crippen LogP contribution is -2.13. The molecule has 10 aromatic rings. The summed E-state index contributed by atoms with van der Waals surface area (Å²) in [6, 6.07) is 78.8. The summed E-state index contributed by atoms with van der Waals surface area (Å²) >= 11 is 1.87. The van der Waals surface area contributed by atoms with E-state index in [-0.39, 0.29) is 0 Å². The molecule has 0 aliphatic heterocycles. The first-order valence-corrected chi connectivity index (χ1v) is 19.5. The number of thiophene rings is 1. The number of benzene rings is 9. The number of rotatable bonds is 8. The molecule has 0 fully saturated rings. The number of anilines is 6. The highest BCUT2D eigenvalue weighted by Crippen LogP contribution is 2.50. The van der Waals surface area contributed by atoms with E-state index >= 15 is 0 Å². The first-order valence-electron chi connectivity index (χ1n) is 18.7. The Balaban J connectivity index is 1.24. The topological polar surface area (TPSA) is 6.48 Å². The Bertz CT molecular complexity index is 2890. The van der Waals surface area contributed by atoms with Crippen LogP contribution < -0.4 is 9.80 Å². The van der Waals surface area contributed by atoms with Gasteiger partial charge in [-0.25, -0.2) is 0 Å². The number of fused-ring (bicyclic) bond motifs is 5. The van der Waals surface area contributed by atoms with Crippen LogP contribution in [0.25, 0.3) is 53.2 Å². The average molecular weight is 721 g/mol. The normalized spacial score (nSPS) is 11.3. The third-order valence-corrected chi connectivity index (χ3v) is 11.6. The van der Waals surface area contributed by atoms with Crippen molar-refractivity contribution in [2.45, 2.75) is 0 Å². The molecule has 0 atom stereocenters. The predicted molar refractivity (Wildman–Crippen MR) is 237 cm³/mol. The van der Waals surface area contributed by atoms with Gasteiger partial charge >= 0.3 is 0 Å². The van der Waals surface area contributed by atoms with E-state index in [4.69, 9.17) is 0 Å². The molecule has 0 N–H and O–H groups in total. The maximum Gasteiger partial charge on any atom is 0.0661 e. The van der Waals surface area contributed by atoms with Crippen LogP contribution in [-0.4, -0.2) is 0 Å². The molecule has 3 heteroatoms. The van der Waals surface area contributed by atoms with Gasteiger partial charge in [-0.05, 0) is 99.8 Å². The monoisotopic (exact) mass is 720 g/mol. The molecule has 0 saturated carbocycles. The molecule has 55 heavy (non-hydrogen) atoms. The van der Waals surface area contributed by atoms with Gasteiger partial charge in [0.25, 0.3) is 0 Å². The molecular formula is C52H36N2S. The molecule has 0 spiro atoms. The highest BCUT2D eigenvalue weighted by Gasteiger charge is 2.23. The predicted octanol–water partition coefficient (Wildman–Crippen LogP) is 15.5. The van der Waals surface area contributed by atoms with Crippen LogP contribution in [0.1, 0.15) is 0 Å². The number of nitrogens with zero attached hydrogens (tertiary/aromatic N) is 2. The van der Waals surface area contributed by atoms with Crippen molar-refractivity contribution < 1.29 is 0 Å². The molecule has 260 valence electrons. The number of hydrogen-bond acceptors (Lipinski definition) is 3. The fourth-order valence-corrected chi connectivity index (χ4v) is 9.01.